The summed E-state index contributed by atoms with van der Waals surface area (Å²) in [6, 6.07) is 7.49. The fourth-order valence-corrected chi connectivity index (χ4v) is 2.75. The van der Waals surface area contributed by atoms with Gasteiger partial charge in [0.25, 0.3) is 10.0 Å². The van der Waals surface area contributed by atoms with Crippen LogP contribution in [0.4, 0.5) is 11.5 Å². The number of hydrogen-bond acceptors (Lipinski definition) is 6. The second-order valence-electron chi connectivity index (χ2n) is 5.23. The average Bonchev–Trinajstić information content (AvgIpc) is 2.50. The quantitative estimate of drug-likeness (QED) is 0.784. The Balaban J connectivity index is 2.19. The van der Waals surface area contributed by atoms with Crippen molar-refractivity contribution >= 4 is 21.5 Å². The molecule has 0 saturated carbocycles. The molecule has 0 fully saturated rings. The minimum atomic E-state index is -3.74. The minimum Gasteiger partial charge on any atom is -0.473 e. The van der Waals surface area contributed by atoms with E-state index in [1.165, 1.54) is 24.3 Å². The van der Waals surface area contributed by atoms with Crippen molar-refractivity contribution in [2.45, 2.75) is 38.2 Å². The molecule has 124 valence electrons. The van der Waals surface area contributed by atoms with Gasteiger partial charge in [-0.1, -0.05) is 6.92 Å². The van der Waals surface area contributed by atoms with E-state index in [-0.39, 0.29) is 16.8 Å². The molecule has 23 heavy (non-hydrogen) atoms. The van der Waals surface area contributed by atoms with Gasteiger partial charge in [0.05, 0.1) is 11.0 Å². The van der Waals surface area contributed by atoms with Crippen molar-refractivity contribution in [1.82, 2.24) is 10.2 Å². The molecule has 0 spiro atoms. The Morgan fingerprint density at radius 3 is 2.48 bits per heavy atom. The number of rotatable bonds is 6. The maximum Gasteiger partial charge on any atom is 0.263 e. The van der Waals surface area contributed by atoms with Gasteiger partial charge in [-0.3, -0.25) is 4.72 Å². The van der Waals surface area contributed by atoms with Crippen LogP contribution in [0.15, 0.2) is 35.2 Å². The molecule has 2 rings (SSSR count). The standard InChI is InChI=1S/C15H20N4O3S/c1-4-11(3)22-15-10(2)9-14(17-18-15)19-23(20,21)13-7-5-12(16)6-8-13/h5-9,11H,4,16H2,1-3H3,(H,17,19). The van der Waals surface area contributed by atoms with E-state index in [2.05, 4.69) is 14.9 Å². The summed E-state index contributed by atoms with van der Waals surface area (Å²) in [5.41, 5.74) is 6.75. The van der Waals surface area contributed by atoms with Crippen molar-refractivity contribution in [1.29, 1.82) is 0 Å². The van der Waals surface area contributed by atoms with Gasteiger partial charge in [0, 0.05) is 11.3 Å². The Morgan fingerprint density at radius 1 is 1.26 bits per heavy atom. The molecule has 1 aromatic heterocycles. The number of aromatic nitrogens is 2. The number of sulfonamides is 1. The first-order valence-electron chi connectivity index (χ1n) is 7.21. The Bertz CT molecular complexity index is 776. The van der Waals surface area contributed by atoms with E-state index < -0.39 is 10.0 Å². The lowest BCUT2D eigenvalue weighted by molar-refractivity contribution is 0.205. The zero-order valence-electron chi connectivity index (χ0n) is 13.3. The van der Waals surface area contributed by atoms with Gasteiger partial charge in [-0.15, -0.1) is 10.2 Å². The topological polar surface area (TPSA) is 107 Å². The van der Waals surface area contributed by atoms with E-state index in [1.807, 2.05) is 13.8 Å². The Labute approximate surface area is 135 Å². The molecular weight excluding hydrogens is 316 g/mol. The normalized spacial score (nSPS) is 12.7. The van der Waals surface area contributed by atoms with Gasteiger partial charge >= 0.3 is 0 Å². The molecule has 1 aromatic carbocycles. The van der Waals surface area contributed by atoms with Gasteiger partial charge < -0.3 is 10.5 Å². The molecule has 1 heterocycles. The molecule has 2 aromatic rings. The summed E-state index contributed by atoms with van der Waals surface area (Å²) in [5.74, 6) is 0.533. The summed E-state index contributed by atoms with van der Waals surface area (Å²) in [7, 11) is -3.74. The molecule has 0 aliphatic carbocycles. The van der Waals surface area contributed by atoms with E-state index in [0.29, 0.717) is 17.1 Å². The zero-order chi connectivity index (χ0) is 17.0. The van der Waals surface area contributed by atoms with Crippen LogP contribution in [0.1, 0.15) is 25.8 Å². The number of ether oxygens (including phenoxy) is 1. The summed E-state index contributed by atoms with van der Waals surface area (Å²) in [6.07, 6.45) is 0.854. The van der Waals surface area contributed by atoms with Crippen LogP contribution in [0.5, 0.6) is 5.88 Å². The average molecular weight is 336 g/mol. The van der Waals surface area contributed by atoms with Crippen LogP contribution in [0.2, 0.25) is 0 Å². The molecule has 0 aliphatic heterocycles. The van der Waals surface area contributed by atoms with E-state index in [9.17, 15) is 8.42 Å². The smallest absolute Gasteiger partial charge is 0.263 e. The van der Waals surface area contributed by atoms with Gasteiger partial charge in [0.1, 0.15) is 0 Å². The highest BCUT2D eigenvalue weighted by molar-refractivity contribution is 7.92. The lowest BCUT2D eigenvalue weighted by atomic mass is 10.3. The number of nitrogen functional groups attached to an aromatic ring is 1. The van der Waals surface area contributed by atoms with Crippen molar-refractivity contribution in [2.24, 2.45) is 0 Å². The Kier molecular flexibility index (Phi) is 5.05. The van der Waals surface area contributed by atoms with Gasteiger partial charge in [0.2, 0.25) is 5.88 Å². The van der Waals surface area contributed by atoms with Crippen LogP contribution in [0, 0.1) is 6.92 Å². The third-order valence-corrected chi connectivity index (χ3v) is 4.63. The second kappa shape index (κ2) is 6.82. The predicted molar refractivity (Wildman–Crippen MR) is 88.8 cm³/mol. The summed E-state index contributed by atoms with van der Waals surface area (Å²) >= 11 is 0. The highest BCUT2D eigenvalue weighted by Gasteiger charge is 2.16. The van der Waals surface area contributed by atoms with Crippen LogP contribution in [-0.2, 0) is 10.0 Å². The number of benzene rings is 1. The first-order chi connectivity index (χ1) is 10.8. The van der Waals surface area contributed by atoms with Crippen LogP contribution in [0.3, 0.4) is 0 Å². The summed E-state index contributed by atoms with van der Waals surface area (Å²) in [4.78, 5) is 0.103. The van der Waals surface area contributed by atoms with Gasteiger partial charge in [0.15, 0.2) is 5.82 Å². The molecule has 7 nitrogen and oxygen atoms in total. The molecule has 1 atom stereocenters. The van der Waals surface area contributed by atoms with Crippen LogP contribution < -0.4 is 15.2 Å². The summed E-state index contributed by atoms with van der Waals surface area (Å²) in [6.45, 7) is 5.72. The third-order valence-electron chi connectivity index (χ3n) is 3.26. The predicted octanol–water partition coefficient (Wildman–Crippen LogP) is 2.35. The van der Waals surface area contributed by atoms with Crippen molar-refractivity contribution in [3.63, 3.8) is 0 Å². The fraction of sp³-hybridized carbons (Fsp3) is 0.333. The molecule has 0 radical (unpaired) electrons. The number of anilines is 2. The number of aryl methyl sites for hydroxylation is 1. The largest absolute Gasteiger partial charge is 0.473 e. The Morgan fingerprint density at radius 2 is 1.91 bits per heavy atom. The summed E-state index contributed by atoms with van der Waals surface area (Å²) in [5, 5.41) is 7.80. The van der Waals surface area contributed by atoms with Crippen LogP contribution in [0.25, 0.3) is 0 Å². The number of nitrogens with one attached hydrogen (secondary N) is 1. The molecule has 8 heteroatoms. The first-order valence-corrected chi connectivity index (χ1v) is 8.69. The molecule has 1 unspecified atom stereocenters. The van der Waals surface area contributed by atoms with Gasteiger partial charge in [-0.05, 0) is 50.6 Å². The molecular formula is C15H20N4O3S. The van der Waals surface area contributed by atoms with Gasteiger partial charge in [-0.2, -0.15) is 0 Å². The third kappa shape index (κ3) is 4.32. The second-order valence-corrected chi connectivity index (χ2v) is 6.91. The summed E-state index contributed by atoms with van der Waals surface area (Å²) < 4.78 is 32.6. The maximum absolute atomic E-state index is 12.3. The molecule has 0 bridgehead atoms. The molecule has 3 N–H and O–H groups in total. The minimum absolute atomic E-state index is 0.0142. The van der Waals surface area contributed by atoms with E-state index >= 15 is 0 Å². The SMILES string of the molecule is CCC(C)Oc1nnc(NS(=O)(=O)c2ccc(N)cc2)cc1C. The van der Waals surface area contributed by atoms with E-state index in [1.54, 1.807) is 13.0 Å². The number of nitrogens with zero attached hydrogens (tertiary/aromatic N) is 2. The van der Waals surface area contributed by atoms with Crippen molar-refractivity contribution < 1.29 is 13.2 Å². The van der Waals surface area contributed by atoms with Crippen molar-refractivity contribution in [3.05, 3.63) is 35.9 Å². The fourth-order valence-electron chi connectivity index (χ4n) is 1.76. The van der Waals surface area contributed by atoms with Crippen LogP contribution >= 0.6 is 0 Å². The highest BCUT2D eigenvalue weighted by Crippen LogP contribution is 2.20. The molecule has 0 aliphatic rings. The number of hydrogen-bond donors (Lipinski definition) is 2. The van der Waals surface area contributed by atoms with Crippen molar-refractivity contribution in [2.75, 3.05) is 10.5 Å². The lowest BCUT2D eigenvalue weighted by Crippen LogP contribution is -2.16. The van der Waals surface area contributed by atoms with Crippen molar-refractivity contribution in [3.8, 4) is 5.88 Å². The highest BCUT2D eigenvalue weighted by atomic mass is 32.2. The first kappa shape index (κ1) is 17.0. The molecule has 0 amide bonds. The number of nitrogens with two attached hydrogens (primary N) is 1. The van der Waals surface area contributed by atoms with E-state index in [4.69, 9.17) is 10.5 Å². The Hall–Kier alpha value is -2.35. The molecule has 0 saturated heterocycles. The van der Waals surface area contributed by atoms with Gasteiger partial charge in [-0.25, -0.2) is 8.42 Å². The van der Waals surface area contributed by atoms with E-state index in [0.717, 1.165) is 6.42 Å². The maximum atomic E-state index is 12.3. The lowest BCUT2D eigenvalue weighted by Gasteiger charge is -2.14. The zero-order valence-corrected chi connectivity index (χ0v) is 14.1. The van der Waals surface area contributed by atoms with Crippen LogP contribution in [-0.4, -0.2) is 24.7 Å². The monoisotopic (exact) mass is 336 g/mol.